The van der Waals surface area contributed by atoms with E-state index in [0.29, 0.717) is 19.3 Å². The third-order valence-corrected chi connectivity index (χ3v) is 8.48. The van der Waals surface area contributed by atoms with Crippen molar-refractivity contribution >= 4 is 19.9 Å². The molecule has 1 amide bonds. The summed E-state index contributed by atoms with van der Waals surface area (Å²) in [4.78, 5) is 24.0. The first-order valence-corrected chi connectivity index (χ1v) is 11.7. The first-order valence-electron chi connectivity index (χ1n) is 10.3. The maximum absolute atomic E-state index is 13.2. The normalized spacial score (nSPS) is 21.1. The summed E-state index contributed by atoms with van der Waals surface area (Å²) in [5.41, 5.74) is 0.789. The second kappa shape index (κ2) is 10.1. The van der Waals surface area contributed by atoms with E-state index < -0.39 is 36.9 Å². The number of amides is 1. The number of alkyl carbamates (subject to hydrolysis) is 1. The van der Waals surface area contributed by atoms with Gasteiger partial charge in [-0.2, -0.15) is 0 Å². The fraction of sp³-hybridized carbons (Fsp3) is 0.391. The molecule has 1 aliphatic carbocycles. The zero-order chi connectivity index (χ0) is 22.4. The molecule has 2 aromatic rings. The summed E-state index contributed by atoms with van der Waals surface area (Å²) in [5.74, 6) is -1.64. The molecule has 4 atom stereocenters. The minimum Gasteiger partial charge on any atom is -0.481 e. The van der Waals surface area contributed by atoms with Gasteiger partial charge in [0.2, 0.25) is 0 Å². The Labute approximate surface area is 182 Å². The molecule has 166 valence electrons. The van der Waals surface area contributed by atoms with Gasteiger partial charge in [0.05, 0.1) is 5.92 Å². The van der Waals surface area contributed by atoms with Crippen molar-refractivity contribution in [2.45, 2.75) is 43.9 Å². The molecule has 7 nitrogen and oxygen atoms in total. The maximum Gasteiger partial charge on any atom is 0.410 e. The van der Waals surface area contributed by atoms with E-state index in [-0.39, 0.29) is 6.61 Å². The van der Waals surface area contributed by atoms with Crippen molar-refractivity contribution in [3.05, 3.63) is 60.2 Å². The number of rotatable bonds is 8. The number of carbonyl (C=O) groups excluding carboxylic acids is 1. The second-order valence-electron chi connectivity index (χ2n) is 7.81. The van der Waals surface area contributed by atoms with Gasteiger partial charge in [-0.3, -0.25) is 10.1 Å². The molecular weight excluding hydrogens is 417 g/mol. The lowest BCUT2D eigenvalue weighted by Crippen LogP contribution is -2.46. The minimum absolute atomic E-state index is 0.0266. The largest absolute Gasteiger partial charge is 0.481 e. The van der Waals surface area contributed by atoms with E-state index in [1.54, 1.807) is 0 Å². The molecule has 3 rings (SSSR count). The number of carboxylic acid groups (broad SMARTS) is 1. The van der Waals surface area contributed by atoms with Crippen LogP contribution in [0, 0.1) is 5.92 Å². The zero-order valence-corrected chi connectivity index (χ0v) is 18.7. The van der Waals surface area contributed by atoms with Crippen molar-refractivity contribution in [3.63, 3.8) is 0 Å². The molecular formula is C23H28NO6P. The Morgan fingerprint density at radius 3 is 2.48 bits per heavy atom. The van der Waals surface area contributed by atoms with E-state index in [2.05, 4.69) is 5.32 Å². The first kappa shape index (κ1) is 23.0. The van der Waals surface area contributed by atoms with Crippen LogP contribution in [0.5, 0.6) is 0 Å². The zero-order valence-electron chi connectivity index (χ0n) is 17.7. The molecule has 0 heterocycles. The standard InChI is InChI=1S/C23H28NO6P/c1-23(29-2,31(28)20-14-8-13-19(20)21(25)26)24-22(27)30-15-17-11-6-7-12-18(17)16-9-4-3-5-10-16/h3-7,9-12,19-20,31H,8,13-15H2,1-2H3,(H,24,27)(H,25,26)/t19-,20-,23?/m1/s1. The molecule has 1 aliphatic rings. The summed E-state index contributed by atoms with van der Waals surface area (Å²) in [5, 5.41) is 12.0. The van der Waals surface area contributed by atoms with Crippen molar-refractivity contribution in [3.8, 4) is 11.1 Å². The van der Waals surface area contributed by atoms with Gasteiger partial charge in [-0.05, 0) is 36.5 Å². The summed E-state index contributed by atoms with van der Waals surface area (Å²) in [6.07, 6.45) is 0.945. The van der Waals surface area contributed by atoms with Gasteiger partial charge in [-0.15, -0.1) is 0 Å². The number of hydrogen-bond acceptors (Lipinski definition) is 5. The summed E-state index contributed by atoms with van der Waals surface area (Å²) in [7, 11) is -1.30. The van der Waals surface area contributed by atoms with Gasteiger partial charge in [0, 0.05) is 12.8 Å². The summed E-state index contributed by atoms with van der Waals surface area (Å²) >= 11 is 0. The van der Waals surface area contributed by atoms with E-state index in [1.165, 1.54) is 14.0 Å². The number of nitrogens with one attached hydrogen (secondary N) is 1. The SMILES string of the molecule is COC(C)(NC(=O)OCc1ccccc1-c1ccccc1)[PH](=O)[C@@H]1CCC[C@H]1C(=O)O. The Bertz CT molecular complexity index is 950. The Balaban J connectivity index is 1.67. The highest BCUT2D eigenvalue weighted by molar-refractivity contribution is 7.47. The Morgan fingerprint density at radius 2 is 1.81 bits per heavy atom. The van der Waals surface area contributed by atoms with Crippen LogP contribution in [0.3, 0.4) is 0 Å². The van der Waals surface area contributed by atoms with Crippen molar-refractivity contribution in [2.75, 3.05) is 7.11 Å². The van der Waals surface area contributed by atoms with E-state index in [0.717, 1.165) is 16.7 Å². The number of carbonyl (C=O) groups is 2. The van der Waals surface area contributed by atoms with Gasteiger partial charge in [0.25, 0.3) is 0 Å². The van der Waals surface area contributed by atoms with E-state index in [1.807, 2.05) is 54.6 Å². The molecule has 0 radical (unpaired) electrons. The number of aliphatic carboxylic acids is 1. The fourth-order valence-corrected chi connectivity index (χ4v) is 6.33. The highest BCUT2D eigenvalue weighted by Crippen LogP contribution is 2.51. The molecule has 0 aromatic heterocycles. The predicted molar refractivity (Wildman–Crippen MR) is 118 cm³/mol. The molecule has 1 fully saturated rings. The third-order valence-electron chi connectivity index (χ3n) is 5.85. The lowest BCUT2D eigenvalue weighted by molar-refractivity contribution is -0.141. The summed E-state index contributed by atoms with van der Waals surface area (Å²) in [6, 6.07) is 17.4. The predicted octanol–water partition coefficient (Wildman–Crippen LogP) is 4.71. The van der Waals surface area contributed by atoms with Crippen LogP contribution in [-0.4, -0.2) is 35.4 Å². The first-order chi connectivity index (χ1) is 14.9. The maximum atomic E-state index is 13.2. The molecule has 31 heavy (non-hydrogen) atoms. The monoisotopic (exact) mass is 445 g/mol. The molecule has 2 aromatic carbocycles. The summed E-state index contributed by atoms with van der Waals surface area (Å²) in [6.45, 7) is 1.53. The van der Waals surface area contributed by atoms with E-state index in [4.69, 9.17) is 9.47 Å². The number of benzene rings is 2. The van der Waals surface area contributed by atoms with Crippen molar-refractivity contribution in [1.82, 2.24) is 5.32 Å². The van der Waals surface area contributed by atoms with Crippen molar-refractivity contribution in [2.24, 2.45) is 5.92 Å². The van der Waals surface area contributed by atoms with Crippen LogP contribution in [-0.2, 0) is 25.4 Å². The van der Waals surface area contributed by atoms with Crippen LogP contribution in [0.1, 0.15) is 31.7 Å². The Kier molecular flexibility index (Phi) is 7.52. The number of methoxy groups -OCH3 is 1. The molecule has 1 saturated carbocycles. The summed E-state index contributed by atoms with van der Waals surface area (Å²) < 4.78 is 24.0. The van der Waals surface area contributed by atoms with Gasteiger partial charge in [-0.1, -0.05) is 61.0 Å². The van der Waals surface area contributed by atoms with Gasteiger partial charge in [-0.25, -0.2) is 4.79 Å². The van der Waals surface area contributed by atoms with E-state index >= 15 is 0 Å². The smallest absolute Gasteiger partial charge is 0.410 e. The highest BCUT2D eigenvalue weighted by atomic mass is 31.1. The van der Waals surface area contributed by atoms with Crippen LogP contribution in [0.15, 0.2) is 54.6 Å². The van der Waals surface area contributed by atoms with Crippen molar-refractivity contribution < 1.29 is 28.7 Å². The third kappa shape index (κ3) is 5.35. The van der Waals surface area contributed by atoms with Crippen LogP contribution >= 0.6 is 7.80 Å². The molecule has 0 saturated heterocycles. The number of hydrogen-bond donors (Lipinski definition) is 2. The number of ether oxygens (including phenoxy) is 2. The average Bonchev–Trinajstić information content (AvgIpc) is 3.28. The van der Waals surface area contributed by atoms with Crippen LogP contribution in [0.25, 0.3) is 11.1 Å². The molecule has 2 N–H and O–H groups in total. The van der Waals surface area contributed by atoms with Gasteiger partial charge >= 0.3 is 12.1 Å². The number of carboxylic acids is 1. The van der Waals surface area contributed by atoms with Gasteiger partial charge < -0.3 is 19.1 Å². The van der Waals surface area contributed by atoms with Gasteiger partial charge in [0.15, 0.2) is 5.47 Å². The Hall–Kier alpha value is -2.63. The molecule has 0 aliphatic heterocycles. The Morgan fingerprint density at radius 1 is 1.13 bits per heavy atom. The molecule has 8 heteroatoms. The van der Waals surface area contributed by atoms with Crippen LogP contribution in [0.2, 0.25) is 0 Å². The second-order valence-corrected chi connectivity index (χ2v) is 10.2. The highest BCUT2D eigenvalue weighted by Gasteiger charge is 2.45. The average molecular weight is 445 g/mol. The lowest BCUT2D eigenvalue weighted by atomic mass is 10.0. The van der Waals surface area contributed by atoms with Crippen LogP contribution in [0.4, 0.5) is 4.79 Å². The minimum atomic E-state index is -2.64. The fourth-order valence-electron chi connectivity index (χ4n) is 4.06. The van der Waals surface area contributed by atoms with Crippen LogP contribution < -0.4 is 5.32 Å². The quantitative estimate of drug-likeness (QED) is 0.451. The van der Waals surface area contributed by atoms with E-state index in [9.17, 15) is 19.3 Å². The lowest BCUT2D eigenvalue weighted by Gasteiger charge is -2.32. The molecule has 0 bridgehead atoms. The topological polar surface area (TPSA) is 102 Å². The molecule has 2 unspecified atom stereocenters. The molecule has 0 spiro atoms. The van der Waals surface area contributed by atoms with Crippen molar-refractivity contribution in [1.29, 1.82) is 0 Å². The van der Waals surface area contributed by atoms with Gasteiger partial charge in [0.1, 0.15) is 14.4 Å².